The van der Waals surface area contributed by atoms with Crippen molar-refractivity contribution in [3.8, 4) is 0 Å². The second-order valence-electron chi connectivity index (χ2n) is 4.68. The van der Waals surface area contributed by atoms with E-state index in [-0.39, 0.29) is 6.04 Å². The highest BCUT2D eigenvalue weighted by Crippen LogP contribution is 2.22. The van der Waals surface area contributed by atoms with Crippen LogP contribution in [-0.4, -0.2) is 14.6 Å². The molecule has 0 aliphatic rings. The third kappa shape index (κ3) is 2.61. The van der Waals surface area contributed by atoms with E-state index in [4.69, 9.17) is 5.84 Å². The molecule has 0 aliphatic carbocycles. The van der Waals surface area contributed by atoms with E-state index in [1.54, 1.807) is 29.3 Å². The number of benzene rings is 1. The zero-order valence-corrected chi connectivity index (χ0v) is 11.0. The number of fused-ring (bicyclic) bond motifs is 1. The monoisotopic (exact) mass is 289 g/mol. The maximum absolute atomic E-state index is 13.3. The van der Waals surface area contributed by atoms with E-state index in [0.29, 0.717) is 12.0 Å². The van der Waals surface area contributed by atoms with Crippen LogP contribution in [0.5, 0.6) is 0 Å². The molecule has 0 amide bonds. The highest BCUT2D eigenvalue weighted by atomic mass is 19.2. The van der Waals surface area contributed by atoms with Crippen molar-refractivity contribution in [1.29, 1.82) is 0 Å². The summed E-state index contributed by atoms with van der Waals surface area (Å²) < 4.78 is 27.9. The lowest BCUT2D eigenvalue weighted by Crippen LogP contribution is -2.29. The van der Waals surface area contributed by atoms with Gasteiger partial charge in [0.1, 0.15) is 0 Å². The topological polar surface area (TPSA) is 68.2 Å². The zero-order chi connectivity index (χ0) is 14.8. The lowest BCUT2D eigenvalue weighted by molar-refractivity contribution is 0.503. The van der Waals surface area contributed by atoms with E-state index >= 15 is 0 Å². The predicted molar refractivity (Wildman–Crippen MR) is 73.1 cm³/mol. The van der Waals surface area contributed by atoms with E-state index in [0.717, 1.165) is 17.1 Å². The Kier molecular flexibility index (Phi) is 3.59. The highest BCUT2D eigenvalue weighted by molar-refractivity contribution is 5.53. The minimum Gasteiger partial charge on any atom is -0.271 e. The number of nitrogens with two attached hydrogens (primary N) is 1. The average Bonchev–Trinajstić information content (AvgIpc) is 2.92. The SMILES string of the molecule is NNC(Cc1ccc(F)c(F)c1)c1cnn2ccncc12. The summed E-state index contributed by atoms with van der Waals surface area (Å²) in [6, 6.07) is 3.53. The van der Waals surface area contributed by atoms with Gasteiger partial charge in [0, 0.05) is 18.0 Å². The molecule has 0 saturated carbocycles. The van der Waals surface area contributed by atoms with Gasteiger partial charge in [-0.15, -0.1) is 0 Å². The van der Waals surface area contributed by atoms with Gasteiger partial charge in [0.15, 0.2) is 11.6 Å². The minimum absolute atomic E-state index is 0.281. The van der Waals surface area contributed by atoms with E-state index in [1.165, 1.54) is 12.1 Å². The summed E-state index contributed by atoms with van der Waals surface area (Å²) in [6.07, 6.45) is 7.12. The van der Waals surface area contributed by atoms with Gasteiger partial charge in [-0.05, 0) is 24.1 Å². The van der Waals surface area contributed by atoms with E-state index in [9.17, 15) is 8.78 Å². The summed E-state index contributed by atoms with van der Waals surface area (Å²) in [7, 11) is 0. The summed E-state index contributed by atoms with van der Waals surface area (Å²) in [5.74, 6) is 3.86. The Balaban J connectivity index is 1.93. The smallest absolute Gasteiger partial charge is 0.159 e. The predicted octanol–water partition coefficient (Wildman–Crippen LogP) is 1.75. The molecular formula is C14H13F2N5. The van der Waals surface area contributed by atoms with Crippen molar-refractivity contribution < 1.29 is 8.78 Å². The molecule has 0 radical (unpaired) electrons. The van der Waals surface area contributed by atoms with Crippen LogP contribution in [-0.2, 0) is 6.42 Å². The molecule has 0 spiro atoms. The molecule has 1 unspecified atom stereocenters. The fraction of sp³-hybridized carbons (Fsp3) is 0.143. The van der Waals surface area contributed by atoms with Crippen LogP contribution >= 0.6 is 0 Å². The maximum atomic E-state index is 13.3. The molecule has 1 atom stereocenters. The molecule has 5 nitrogen and oxygen atoms in total. The van der Waals surface area contributed by atoms with Crippen LogP contribution in [0.4, 0.5) is 8.78 Å². The van der Waals surface area contributed by atoms with Crippen LogP contribution in [0.15, 0.2) is 43.0 Å². The second-order valence-corrected chi connectivity index (χ2v) is 4.68. The van der Waals surface area contributed by atoms with Gasteiger partial charge in [0.25, 0.3) is 0 Å². The van der Waals surface area contributed by atoms with Crippen LogP contribution < -0.4 is 11.3 Å². The number of rotatable bonds is 4. The standard InChI is InChI=1S/C14H13F2N5/c15-11-2-1-9(5-12(11)16)6-13(20-17)10-7-19-21-4-3-18-8-14(10)21/h1-5,7-8,13,20H,6,17H2. The first-order valence-electron chi connectivity index (χ1n) is 6.36. The Bertz CT molecular complexity index is 771. The van der Waals surface area contributed by atoms with Crippen LogP contribution in [0.1, 0.15) is 17.2 Å². The number of hydrazine groups is 1. The fourth-order valence-corrected chi connectivity index (χ4v) is 2.28. The number of hydrogen-bond acceptors (Lipinski definition) is 4. The molecule has 0 saturated heterocycles. The summed E-state index contributed by atoms with van der Waals surface area (Å²) in [6.45, 7) is 0. The number of nitrogens with one attached hydrogen (secondary N) is 1. The van der Waals surface area contributed by atoms with Crippen LogP contribution in [0.3, 0.4) is 0 Å². The fourth-order valence-electron chi connectivity index (χ4n) is 2.28. The molecule has 108 valence electrons. The largest absolute Gasteiger partial charge is 0.271 e. The Morgan fingerprint density at radius 2 is 2.10 bits per heavy atom. The van der Waals surface area contributed by atoms with Gasteiger partial charge in [-0.1, -0.05) is 6.07 Å². The normalized spacial score (nSPS) is 12.7. The van der Waals surface area contributed by atoms with Crippen LogP contribution in [0.2, 0.25) is 0 Å². The number of aromatic nitrogens is 3. The van der Waals surface area contributed by atoms with Crippen molar-refractivity contribution in [2.24, 2.45) is 5.84 Å². The highest BCUT2D eigenvalue weighted by Gasteiger charge is 2.16. The molecule has 21 heavy (non-hydrogen) atoms. The third-order valence-electron chi connectivity index (χ3n) is 3.36. The Morgan fingerprint density at radius 1 is 1.24 bits per heavy atom. The van der Waals surface area contributed by atoms with E-state index in [1.807, 2.05) is 0 Å². The number of nitrogens with zero attached hydrogens (tertiary/aromatic N) is 3. The van der Waals surface area contributed by atoms with E-state index in [2.05, 4.69) is 15.5 Å². The number of hydrogen-bond donors (Lipinski definition) is 2. The molecule has 3 rings (SSSR count). The van der Waals surface area contributed by atoms with Gasteiger partial charge >= 0.3 is 0 Å². The van der Waals surface area contributed by atoms with Gasteiger partial charge in [-0.25, -0.2) is 13.3 Å². The molecule has 1 aromatic carbocycles. The lowest BCUT2D eigenvalue weighted by Gasteiger charge is -2.15. The molecule has 0 bridgehead atoms. The maximum Gasteiger partial charge on any atom is 0.159 e. The summed E-state index contributed by atoms with van der Waals surface area (Å²) in [4.78, 5) is 4.06. The van der Waals surface area contributed by atoms with Crippen molar-refractivity contribution in [2.45, 2.75) is 12.5 Å². The van der Waals surface area contributed by atoms with Gasteiger partial charge in [-0.3, -0.25) is 16.3 Å². The van der Waals surface area contributed by atoms with Crippen molar-refractivity contribution >= 4 is 5.52 Å². The first-order chi connectivity index (χ1) is 10.2. The minimum atomic E-state index is -0.871. The molecule has 2 heterocycles. The van der Waals surface area contributed by atoms with Crippen molar-refractivity contribution in [3.63, 3.8) is 0 Å². The van der Waals surface area contributed by atoms with Gasteiger partial charge in [0.05, 0.1) is 24.0 Å². The third-order valence-corrected chi connectivity index (χ3v) is 3.36. The molecular weight excluding hydrogens is 276 g/mol. The second kappa shape index (κ2) is 5.55. The van der Waals surface area contributed by atoms with Crippen LogP contribution in [0, 0.1) is 11.6 Å². The quantitative estimate of drug-likeness (QED) is 0.567. The van der Waals surface area contributed by atoms with Gasteiger partial charge in [-0.2, -0.15) is 5.10 Å². The molecule has 2 aromatic heterocycles. The molecule has 3 aromatic rings. The molecule has 3 N–H and O–H groups in total. The van der Waals surface area contributed by atoms with Gasteiger partial charge in [0.2, 0.25) is 0 Å². The Hall–Kier alpha value is -2.38. The van der Waals surface area contributed by atoms with Gasteiger partial charge < -0.3 is 0 Å². The average molecular weight is 289 g/mol. The summed E-state index contributed by atoms with van der Waals surface area (Å²) in [5, 5.41) is 4.21. The number of halogens is 2. The first kappa shape index (κ1) is 13.6. The Labute approximate surface area is 119 Å². The van der Waals surface area contributed by atoms with Crippen LogP contribution in [0.25, 0.3) is 5.52 Å². The van der Waals surface area contributed by atoms with E-state index < -0.39 is 11.6 Å². The first-order valence-corrected chi connectivity index (χ1v) is 6.36. The van der Waals surface area contributed by atoms with Crippen molar-refractivity contribution in [1.82, 2.24) is 20.0 Å². The lowest BCUT2D eigenvalue weighted by atomic mass is 10.0. The van der Waals surface area contributed by atoms with Crippen molar-refractivity contribution in [3.05, 3.63) is 65.7 Å². The molecule has 0 fully saturated rings. The molecule has 7 heteroatoms. The summed E-state index contributed by atoms with van der Waals surface area (Å²) >= 11 is 0. The van der Waals surface area contributed by atoms with Crippen molar-refractivity contribution in [2.75, 3.05) is 0 Å². The zero-order valence-electron chi connectivity index (χ0n) is 11.0. The summed E-state index contributed by atoms with van der Waals surface area (Å²) in [5.41, 5.74) is 4.97. The Morgan fingerprint density at radius 3 is 2.86 bits per heavy atom. The molecule has 0 aliphatic heterocycles.